The monoisotopic (exact) mass is 481 g/mol. The summed E-state index contributed by atoms with van der Waals surface area (Å²) in [7, 11) is 1.49. The van der Waals surface area contributed by atoms with Crippen LogP contribution in [0.3, 0.4) is 0 Å². The van der Waals surface area contributed by atoms with Crippen LogP contribution in [0.15, 0.2) is 84.9 Å². The number of fused-ring (bicyclic) bond motifs is 2. The van der Waals surface area contributed by atoms with Crippen molar-refractivity contribution in [2.45, 2.75) is 38.2 Å². The van der Waals surface area contributed by atoms with E-state index in [9.17, 15) is 9.90 Å². The minimum atomic E-state index is -1.01. The third kappa shape index (κ3) is 4.74. The molecule has 0 aliphatic carbocycles. The van der Waals surface area contributed by atoms with E-state index < -0.39 is 5.97 Å². The van der Waals surface area contributed by atoms with Crippen molar-refractivity contribution >= 4 is 28.1 Å². The van der Waals surface area contributed by atoms with Gasteiger partial charge in [0.25, 0.3) is 0 Å². The van der Waals surface area contributed by atoms with Crippen molar-refractivity contribution in [2.24, 2.45) is 0 Å². The van der Waals surface area contributed by atoms with Crippen molar-refractivity contribution in [3.63, 3.8) is 0 Å². The second-order valence-corrected chi connectivity index (χ2v) is 9.41. The molecule has 5 rings (SSSR count). The molecule has 0 amide bonds. The fourth-order valence-corrected chi connectivity index (χ4v) is 5.21. The van der Waals surface area contributed by atoms with Crippen LogP contribution in [-0.4, -0.2) is 30.8 Å². The third-order valence-electron chi connectivity index (χ3n) is 7.08. The summed E-state index contributed by atoms with van der Waals surface area (Å²) in [5.41, 5.74) is 3.31. The van der Waals surface area contributed by atoms with Gasteiger partial charge in [-0.15, -0.1) is 0 Å². The molecule has 5 nitrogen and oxygen atoms in total. The van der Waals surface area contributed by atoms with Crippen LogP contribution in [0.5, 0.6) is 11.5 Å². The van der Waals surface area contributed by atoms with Gasteiger partial charge in [0.05, 0.1) is 19.3 Å². The highest BCUT2D eigenvalue weighted by atomic mass is 16.5. The maximum Gasteiger partial charge on any atom is 0.339 e. The summed E-state index contributed by atoms with van der Waals surface area (Å²) in [4.78, 5) is 14.0. The smallest absolute Gasteiger partial charge is 0.339 e. The number of carboxylic acid groups (broad SMARTS) is 1. The Morgan fingerprint density at radius 3 is 2.67 bits per heavy atom. The highest BCUT2D eigenvalue weighted by Crippen LogP contribution is 2.40. The molecule has 4 aromatic rings. The second-order valence-electron chi connectivity index (χ2n) is 9.41. The molecule has 0 fully saturated rings. The lowest BCUT2D eigenvalue weighted by Crippen LogP contribution is -2.37. The zero-order chi connectivity index (χ0) is 25.1. The van der Waals surface area contributed by atoms with Crippen LogP contribution >= 0.6 is 0 Å². The molecular weight excluding hydrogens is 450 g/mol. The Hall–Kier alpha value is -3.99. The first-order chi connectivity index (χ1) is 17.5. The average Bonchev–Trinajstić information content (AvgIpc) is 2.91. The first-order valence-corrected chi connectivity index (χ1v) is 12.5. The molecular formula is C31H31NO4. The predicted molar refractivity (Wildman–Crippen MR) is 144 cm³/mol. The third-order valence-corrected chi connectivity index (χ3v) is 7.08. The van der Waals surface area contributed by atoms with Crippen LogP contribution < -0.4 is 14.4 Å². The minimum Gasteiger partial charge on any atom is -0.496 e. The van der Waals surface area contributed by atoms with E-state index in [0.717, 1.165) is 36.4 Å². The van der Waals surface area contributed by atoms with Crippen molar-refractivity contribution in [1.82, 2.24) is 0 Å². The van der Waals surface area contributed by atoms with Gasteiger partial charge in [0.15, 0.2) is 0 Å². The number of carbonyl (C=O) groups is 1. The fourth-order valence-electron chi connectivity index (χ4n) is 5.21. The molecule has 0 saturated carbocycles. The number of aromatic carboxylic acids is 1. The number of nitrogens with zero attached hydrogens (tertiary/aromatic N) is 1. The van der Waals surface area contributed by atoms with Crippen molar-refractivity contribution in [1.29, 1.82) is 0 Å². The molecule has 1 aliphatic rings. The molecule has 0 radical (unpaired) electrons. The number of hydrogen-bond donors (Lipinski definition) is 1. The van der Waals surface area contributed by atoms with Crippen molar-refractivity contribution in [2.75, 3.05) is 18.6 Å². The summed E-state index contributed by atoms with van der Waals surface area (Å²) in [5.74, 6) is 0.618. The molecule has 1 aliphatic heterocycles. The van der Waals surface area contributed by atoms with E-state index in [-0.39, 0.29) is 11.7 Å². The van der Waals surface area contributed by atoms with E-state index in [0.29, 0.717) is 18.2 Å². The summed E-state index contributed by atoms with van der Waals surface area (Å²) in [6.07, 6.45) is 3.03. The Morgan fingerprint density at radius 2 is 1.83 bits per heavy atom. The number of anilines is 2. The summed E-state index contributed by atoms with van der Waals surface area (Å²) in [6.45, 7) is 2.96. The number of para-hydroxylation sites is 2. The summed E-state index contributed by atoms with van der Waals surface area (Å²) in [6, 6.07) is 28.4. The standard InChI is InChI=1S/C31H31NO4/c1-21(25-14-8-11-22-10-3-4-13-26(22)25)9-7-12-24-20-32(28-15-5-6-16-30(28)36-24)23-17-18-29(35-2)27(19-23)31(33)34/h3-6,8,10-11,13-19,21,24H,7,9,12,20H2,1-2H3,(H,33,34)/t21-,24?/m0/s1. The number of hydrogen-bond acceptors (Lipinski definition) is 4. The van der Waals surface area contributed by atoms with Crippen LogP contribution in [0.25, 0.3) is 10.8 Å². The molecule has 2 atom stereocenters. The molecule has 1 N–H and O–H groups in total. The van der Waals surface area contributed by atoms with Gasteiger partial charge in [0.2, 0.25) is 0 Å². The van der Waals surface area contributed by atoms with Crippen LogP contribution in [0.4, 0.5) is 11.4 Å². The molecule has 184 valence electrons. The summed E-state index contributed by atoms with van der Waals surface area (Å²) < 4.78 is 11.6. The lowest BCUT2D eigenvalue weighted by Gasteiger charge is -2.36. The SMILES string of the molecule is COc1ccc(N2CC(CCC[C@H](C)c3cccc4ccccc34)Oc3ccccc32)cc1C(=O)O. The average molecular weight is 482 g/mol. The van der Waals surface area contributed by atoms with Gasteiger partial charge in [0.1, 0.15) is 23.2 Å². The largest absolute Gasteiger partial charge is 0.496 e. The van der Waals surface area contributed by atoms with Crippen molar-refractivity contribution in [3.8, 4) is 11.5 Å². The van der Waals surface area contributed by atoms with Gasteiger partial charge in [-0.25, -0.2) is 4.79 Å². The molecule has 1 unspecified atom stereocenters. The molecule has 0 saturated heterocycles. The number of methoxy groups -OCH3 is 1. The topological polar surface area (TPSA) is 59.0 Å². The van der Waals surface area contributed by atoms with Gasteiger partial charge in [0, 0.05) is 5.69 Å². The Balaban J connectivity index is 1.32. The van der Waals surface area contributed by atoms with Gasteiger partial charge in [-0.3, -0.25) is 0 Å². The normalized spacial score (nSPS) is 15.7. The van der Waals surface area contributed by atoms with E-state index in [1.807, 2.05) is 30.3 Å². The number of ether oxygens (including phenoxy) is 2. The highest BCUT2D eigenvalue weighted by molar-refractivity contribution is 5.93. The van der Waals surface area contributed by atoms with E-state index in [4.69, 9.17) is 9.47 Å². The van der Waals surface area contributed by atoms with Gasteiger partial charge in [-0.2, -0.15) is 0 Å². The fraction of sp³-hybridized carbons (Fsp3) is 0.258. The Morgan fingerprint density at radius 1 is 1.06 bits per heavy atom. The number of benzene rings is 4. The first-order valence-electron chi connectivity index (χ1n) is 12.5. The van der Waals surface area contributed by atoms with Crippen LogP contribution in [0.1, 0.15) is 48.0 Å². The maximum absolute atomic E-state index is 11.8. The highest BCUT2D eigenvalue weighted by Gasteiger charge is 2.27. The van der Waals surface area contributed by atoms with Gasteiger partial charge in [-0.1, -0.05) is 61.5 Å². The maximum atomic E-state index is 11.8. The predicted octanol–water partition coefficient (Wildman–Crippen LogP) is 7.42. The van der Waals surface area contributed by atoms with E-state index in [1.165, 1.54) is 23.4 Å². The van der Waals surface area contributed by atoms with Gasteiger partial charge < -0.3 is 19.5 Å². The Bertz CT molecular complexity index is 1380. The zero-order valence-electron chi connectivity index (χ0n) is 20.7. The van der Waals surface area contributed by atoms with E-state index in [1.54, 1.807) is 12.1 Å². The molecule has 0 spiro atoms. The summed E-state index contributed by atoms with van der Waals surface area (Å²) in [5, 5.41) is 12.3. The molecule has 4 aromatic carbocycles. The van der Waals surface area contributed by atoms with Gasteiger partial charge in [-0.05, 0) is 71.8 Å². The lowest BCUT2D eigenvalue weighted by molar-refractivity contribution is 0.0693. The second kappa shape index (κ2) is 10.3. The van der Waals surface area contributed by atoms with Crippen LogP contribution in [0, 0.1) is 0 Å². The van der Waals surface area contributed by atoms with E-state index in [2.05, 4.69) is 54.3 Å². The van der Waals surface area contributed by atoms with Crippen molar-refractivity contribution in [3.05, 3.63) is 96.1 Å². The molecule has 0 bridgehead atoms. The Kier molecular flexibility index (Phi) is 6.81. The molecule has 0 aromatic heterocycles. The Labute approximate surface area is 211 Å². The number of carboxylic acids is 1. The molecule has 1 heterocycles. The number of rotatable bonds is 8. The minimum absolute atomic E-state index is 0.00926. The van der Waals surface area contributed by atoms with Crippen LogP contribution in [-0.2, 0) is 0 Å². The first kappa shape index (κ1) is 23.7. The van der Waals surface area contributed by atoms with E-state index >= 15 is 0 Å². The molecule has 36 heavy (non-hydrogen) atoms. The zero-order valence-corrected chi connectivity index (χ0v) is 20.7. The quantitative estimate of drug-likeness (QED) is 0.284. The summed E-state index contributed by atoms with van der Waals surface area (Å²) >= 11 is 0. The van der Waals surface area contributed by atoms with Gasteiger partial charge >= 0.3 is 5.97 Å². The molecule has 5 heteroatoms. The van der Waals surface area contributed by atoms with Crippen molar-refractivity contribution < 1.29 is 19.4 Å². The lowest BCUT2D eigenvalue weighted by atomic mass is 9.90. The van der Waals surface area contributed by atoms with Crippen LogP contribution in [0.2, 0.25) is 0 Å².